The summed E-state index contributed by atoms with van der Waals surface area (Å²) in [7, 11) is 0. The molecule has 0 aliphatic heterocycles. The lowest BCUT2D eigenvalue weighted by Crippen LogP contribution is -2.13. The zero-order chi connectivity index (χ0) is 17.2. The molecule has 4 aromatic rings. The van der Waals surface area contributed by atoms with Crippen LogP contribution in [-0.2, 0) is 0 Å². The number of hydrogen-bond acceptors (Lipinski definition) is 5. The molecule has 8 heteroatoms. The van der Waals surface area contributed by atoms with E-state index < -0.39 is 0 Å². The van der Waals surface area contributed by atoms with Crippen LogP contribution in [0.3, 0.4) is 0 Å². The van der Waals surface area contributed by atoms with Gasteiger partial charge in [0.2, 0.25) is 0 Å². The molecule has 2 heterocycles. The molecule has 0 atom stereocenters. The fraction of sp³-hybridized carbons (Fsp3) is 0. The van der Waals surface area contributed by atoms with Crippen molar-refractivity contribution in [1.29, 1.82) is 5.26 Å². The number of para-hydroxylation sites is 1. The van der Waals surface area contributed by atoms with Crippen LogP contribution in [0.4, 0.5) is 5.69 Å². The van der Waals surface area contributed by atoms with E-state index in [2.05, 4.69) is 37.0 Å². The van der Waals surface area contributed by atoms with Gasteiger partial charge in [-0.3, -0.25) is 4.79 Å². The molecule has 0 saturated heterocycles. The minimum absolute atomic E-state index is 0.297. The van der Waals surface area contributed by atoms with E-state index in [1.807, 2.05) is 24.3 Å². The lowest BCUT2D eigenvalue weighted by molar-refractivity contribution is 0.102. The van der Waals surface area contributed by atoms with E-state index in [1.165, 1.54) is 0 Å². The van der Waals surface area contributed by atoms with Crippen molar-refractivity contribution >= 4 is 22.5 Å². The van der Waals surface area contributed by atoms with Gasteiger partial charge < -0.3 is 10.3 Å². The highest BCUT2D eigenvalue weighted by Gasteiger charge is 2.15. The summed E-state index contributed by atoms with van der Waals surface area (Å²) in [5.41, 5.74) is 2.80. The van der Waals surface area contributed by atoms with Gasteiger partial charge in [0, 0.05) is 16.5 Å². The summed E-state index contributed by atoms with van der Waals surface area (Å²) in [4.78, 5) is 15.7. The van der Waals surface area contributed by atoms with Crippen LogP contribution in [-0.4, -0.2) is 31.5 Å². The van der Waals surface area contributed by atoms with Crippen LogP contribution < -0.4 is 5.32 Å². The highest BCUT2D eigenvalue weighted by molar-refractivity contribution is 6.07. The van der Waals surface area contributed by atoms with Gasteiger partial charge in [-0.25, -0.2) is 5.10 Å². The Hall–Kier alpha value is -3.99. The van der Waals surface area contributed by atoms with Crippen LogP contribution in [0.1, 0.15) is 16.1 Å². The molecule has 0 fully saturated rings. The molecule has 2 aromatic heterocycles. The fourth-order valence-corrected chi connectivity index (χ4v) is 2.58. The lowest BCUT2D eigenvalue weighted by Gasteiger charge is -2.08. The molecule has 8 nitrogen and oxygen atoms in total. The molecular formula is C17H11N7O. The topological polar surface area (TPSA) is 123 Å². The van der Waals surface area contributed by atoms with Gasteiger partial charge in [0.05, 0.1) is 17.3 Å². The largest absolute Gasteiger partial charge is 0.351 e. The number of rotatable bonds is 3. The van der Waals surface area contributed by atoms with E-state index in [4.69, 9.17) is 5.26 Å². The Morgan fingerprint density at radius 2 is 2.04 bits per heavy atom. The van der Waals surface area contributed by atoms with Crippen LogP contribution >= 0.6 is 0 Å². The SMILES string of the molecule is N#Cc1ccc(NC(=O)c2cc3ccccc3[nH]2)c(-c2nnn[nH]2)c1. The van der Waals surface area contributed by atoms with Gasteiger partial charge >= 0.3 is 0 Å². The maximum Gasteiger partial charge on any atom is 0.272 e. The molecule has 120 valence electrons. The third-order valence-electron chi connectivity index (χ3n) is 3.77. The Labute approximate surface area is 141 Å². The Morgan fingerprint density at radius 1 is 1.16 bits per heavy atom. The average Bonchev–Trinajstić information content (AvgIpc) is 3.31. The summed E-state index contributed by atoms with van der Waals surface area (Å²) in [5.74, 6) is 0.0682. The molecule has 3 N–H and O–H groups in total. The Balaban J connectivity index is 1.70. The number of nitriles is 1. The number of carbonyl (C=O) groups is 1. The molecule has 0 radical (unpaired) electrons. The first-order valence-corrected chi connectivity index (χ1v) is 7.42. The van der Waals surface area contributed by atoms with Crippen molar-refractivity contribution in [2.75, 3.05) is 5.32 Å². The van der Waals surface area contributed by atoms with Crippen LogP contribution in [0.2, 0.25) is 0 Å². The monoisotopic (exact) mass is 329 g/mol. The summed E-state index contributed by atoms with van der Waals surface area (Å²) in [6.07, 6.45) is 0. The second-order valence-corrected chi connectivity index (χ2v) is 5.35. The number of nitrogens with zero attached hydrogens (tertiary/aromatic N) is 4. The minimum atomic E-state index is -0.297. The predicted octanol–water partition coefficient (Wildman–Crippen LogP) is 2.47. The average molecular weight is 329 g/mol. The number of fused-ring (bicyclic) bond motifs is 1. The number of carbonyl (C=O) groups excluding carboxylic acids is 1. The van der Waals surface area contributed by atoms with Crippen molar-refractivity contribution in [2.45, 2.75) is 0 Å². The van der Waals surface area contributed by atoms with E-state index in [9.17, 15) is 4.79 Å². The van der Waals surface area contributed by atoms with Gasteiger partial charge in [0.15, 0.2) is 5.82 Å². The number of benzene rings is 2. The highest BCUT2D eigenvalue weighted by Crippen LogP contribution is 2.26. The van der Waals surface area contributed by atoms with Crippen LogP contribution in [0, 0.1) is 11.3 Å². The van der Waals surface area contributed by atoms with Crippen molar-refractivity contribution in [1.82, 2.24) is 25.6 Å². The third-order valence-corrected chi connectivity index (χ3v) is 3.77. The molecule has 0 bridgehead atoms. The molecule has 1 amide bonds. The summed E-state index contributed by atoms with van der Waals surface area (Å²) in [5, 5.41) is 26.4. The Bertz CT molecular complexity index is 1070. The summed E-state index contributed by atoms with van der Waals surface area (Å²) in [6.45, 7) is 0. The first-order valence-electron chi connectivity index (χ1n) is 7.42. The second kappa shape index (κ2) is 5.90. The number of tetrazole rings is 1. The van der Waals surface area contributed by atoms with Crippen LogP contribution in [0.15, 0.2) is 48.5 Å². The van der Waals surface area contributed by atoms with Crippen molar-refractivity contribution in [3.63, 3.8) is 0 Å². The normalized spacial score (nSPS) is 10.5. The second-order valence-electron chi connectivity index (χ2n) is 5.35. The third kappa shape index (κ3) is 2.70. The molecule has 4 rings (SSSR count). The molecule has 2 aromatic carbocycles. The number of amides is 1. The smallest absolute Gasteiger partial charge is 0.272 e. The molecule has 0 unspecified atom stereocenters. The molecule has 0 spiro atoms. The summed E-state index contributed by atoms with van der Waals surface area (Å²) >= 11 is 0. The standard InChI is InChI=1S/C17H11N7O/c18-9-10-5-6-14(12(7-10)16-21-23-24-22-16)20-17(25)15-8-11-3-1-2-4-13(11)19-15/h1-8,19H,(H,20,25)(H,21,22,23,24). The quantitative estimate of drug-likeness (QED) is 0.533. The van der Waals surface area contributed by atoms with E-state index in [0.29, 0.717) is 28.3 Å². The maximum absolute atomic E-state index is 12.6. The van der Waals surface area contributed by atoms with Gasteiger partial charge in [0.25, 0.3) is 5.91 Å². The van der Waals surface area contributed by atoms with Gasteiger partial charge in [-0.15, -0.1) is 5.10 Å². The summed E-state index contributed by atoms with van der Waals surface area (Å²) in [6, 6.07) is 16.4. The number of aromatic nitrogens is 5. The minimum Gasteiger partial charge on any atom is -0.351 e. The fourth-order valence-electron chi connectivity index (χ4n) is 2.58. The number of aromatic amines is 2. The van der Waals surface area contributed by atoms with Crippen molar-refractivity contribution < 1.29 is 4.79 Å². The van der Waals surface area contributed by atoms with E-state index in [1.54, 1.807) is 24.3 Å². The van der Waals surface area contributed by atoms with Crippen LogP contribution in [0.5, 0.6) is 0 Å². The van der Waals surface area contributed by atoms with Crippen molar-refractivity contribution in [2.24, 2.45) is 0 Å². The number of nitrogens with one attached hydrogen (secondary N) is 3. The summed E-state index contributed by atoms with van der Waals surface area (Å²) < 4.78 is 0. The molecule has 0 aliphatic rings. The predicted molar refractivity (Wildman–Crippen MR) is 90.6 cm³/mol. The molecular weight excluding hydrogens is 318 g/mol. The Kier molecular flexibility index (Phi) is 3.44. The van der Waals surface area contributed by atoms with E-state index in [0.717, 1.165) is 10.9 Å². The van der Waals surface area contributed by atoms with Gasteiger partial charge in [0.1, 0.15) is 5.69 Å². The highest BCUT2D eigenvalue weighted by atomic mass is 16.1. The van der Waals surface area contributed by atoms with E-state index >= 15 is 0 Å². The lowest BCUT2D eigenvalue weighted by atomic mass is 10.1. The zero-order valence-electron chi connectivity index (χ0n) is 12.8. The van der Waals surface area contributed by atoms with E-state index in [-0.39, 0.29) is 5.91 Å². The van der Waals surface area contributed by atoms with Crippen molar-refractivity contribution in [3.8, 4) is 17.5 Å². The Morgan fingerprint density at radius 3 is 2.80 bits per heavy atom. The molecule has 25 heavy (non-hydrogen) atoms. The number of hydrogen-bond donors (Lipinski definition) is 3. The van der Waals surface area contributed by atoms with Crippen molar-refractivity contribution in [3.05, 3.63) is 59.8 Å². The maximum atomic E-state index is 12.6. The zero-order valence-corrected chi connectivity index (χ0v) is 12.8. The first kappa shape index (κ1) is 14.6. The van der Waals surface area contributed by atoms with Gasteiger partial charge in [-0.1, -0.05) is 18.2 Å². The number of anilines is 1. The van der Waals surface area contributed by atoms with Crippen LogP contribution in [0.25, 0.3) is 22.3 Å². The molecule has 0 aliphatic carbocycles. The van der Waals surface area contributed by atoms with Gasteiger partial charge in [-0.2, -0.15) is 5.26 Å². The molecule has 0 saturated carbocycles. The van der Waals surface area contributed by atoms with Gasteiger partial charge in [-0.05, 0) is 40.8 Å². The number of H-pyrrole nitrogens is 2. The first-order chi connectivity index (χ1) is 12.2.